The second-order valence-corrected chi connectivity index (χ2v) is 5.95. The predicted octanol–water partition coefficient (Wildman–Crippen LogP) is 2.73. The molecule has 0 radical (unpaired) electrons. The maximum atomic E-state index is 12.0. The van der Waals surface area contributed by atoms with E-state index < -0.39 is 11.7 Å². The van der Waals surface area contributed by atoms with Gasteiger partial charge in [-0.2, -0.15) is 4.98 Å². The van der Waals surface area contributed by atoms with Crippen LogP contribution in [0.3, 0.4) is 0 Å². The minimum atomic E-state index is -0.552. The molecule has 20 heavy (non-hydrogen) atoms. The third-order valence-electron chi connectivity index (χ3n) is 2.88. The van der Waals surface area contributed by atoms with Crippen molar-refractivity contribution in [1.82, 2.24) is 9.97 Å². The molecule has 0 aromatic carbocycles. The van der Waals surface area contributed by atoms with Gasteiger partial charge < -0.3 is 9.47 Å². The number of amides is 1. The van der Waals surface area contributed by atoms with Crippen LogP contribution in [0.2, 0.25) is 0 Å². The van der Waals surface area contributed by atoms with Crippen molar-refractivity contribution >= 4 is 12.0 Å². The Morgan fingerprint density at radius 3 is 2.50 bits per heavy atom. The van der Waals surface area contributed by atoms with Crippen LogP contribution < -0.4 is 9.64 Å². The standard InChI is InChI=1S/C14H21N3O3/c1-14(2,3)20-13(18)17(4)12-15-10(9-6-7-9)8-11(16-12)19-5/h8-9H,6-7H2,1-5H3. The maximum absolute atomic E-state index is 12.0. The summed E-state index contributed by atoms with van der Waals surface area (Å²) in [5.41, 5.74) is 0.367. The van der Waals surface area contributed by atoms with Crippen LogP contribution in [0, 0.1) is 0 Å². The van der Waals surface area contributed by atoms with Crippen LogP contribution >= 0.6 is 0 Å². The molecule has 0 aliphatic heterocycles. The minimum Gasteiger partial charge on any atom is -0.481 e. The summed E-state index contributed by atoms with van der Waals surface area (Å²) >= 11 is 0. The number of aromatic nitrogens is 2. The first-order chi connectivity index (χ1) is 9.30. The first kappa shape index (κ1) is 14.6. The molecule has 1 saturated carbocycles. The van der Waals surface area contributed by atoms with Crippen molar-refractivity contribution in [2.75, 3.05) is 19.1 Å². The highest BCUT2D eigenvalue weighted by atomic mass is 16.6. The summed E-state index contributed by atoms with van der Waals surface area (Å²) in [5.74, 6) is 1.23. The van der Waals surface area contributed by atoms with Gasteiger partial charge in [0, 0.05) is 19.0 Å². The molecule has 1 aromatic heterocycles. The summed E-state index contributed by atoms with van der Waals surface area (Å²) in [5, 5.41) is 0. The van der Waals surface area contributed by atoms with E-state index >= 15 is 0 Å². The smallest absolute Gasteiger partial charge is 0.416 e. The van der Waals surface area contributed by atoms with Crippen LogP contribution in [-0.4, -0.2) is 35.8 Å². The van der Waals surface area contributed by atoms with E-state index in [1.54, 1.807) is 14.2 Å². The molecule has 2 rings (SSSR count). The summed E-state index contributed by atoms with van der Waals surface area (Å²) in [6.45, 7) is 5.46. The summed E-state index contributed by atoms with van der Waals surface area (Å²) in [7, 11) is 3.15. The second kappa shape index (κ2) is 5.26. The molecule has 0 N–H and O–H groups in total. The number of hydrogen-bond acceptors (Lipinski definition) is 5. The molecule has 0 unspecified atom stereocenters. The van der Waals surface area contributed by atoms with Gasteiger partial charge in [0.1, 0.15) is 5.60 Å². The third kappa shape index (κ3) is 3.59. The zero-order chi connectivity index (χ0) is 14.9. The van der Waals surface area contributed by atoms with Crippen LogP contribution in [0.4, 0.5) is 10.7 Å². The highest BCUT2D eigenvalue weighted by Crippen LogP contribution is 2.40. The van der Waals surface area contributed by atoms with E-state index in [9.17, 15) is 4.79 Å². The molecule has 0 saturated heterocycles. The van der Waals surface area contributed by atoms with Gasteiger partial charge in [0.25, 0.3) is 0 Å². The molecule has 1 amide bonds. The van der Waals surface area contributed by atoms with Gasteiger partial charge >= 0.3 is 6.09 Å². The largest absolute Gasteiger partial charge is 0.481 e. The Kier molecular flexibility index (Phi) is 3.83. The van der Waals surface area contributed by atoms with Crippen LogP contribution in [0.1, 0.15) is 45.2 Å². The van der Waals surface area contributed by atoms with Gasteiger partial charge in [-0.1, -0.05) is 0 Å². The second-order valence-electron chi connectivity index (χ2n) is 5.95. The Balaban J connectivity index is 2.22. The molecule has 1 aliphatic carbocycles. The molecular formula is C14H21N3O3. The van der Waals surface area contributed by atoms with Crippen molar-refractivity contribution in [3.63, 3.8) is 0 Å². The van der Waals surface area contributed by atoms with Gasteiger partial charge in [0.15, 0.2) is 0 Å². The molecule has 0 spiro atoms. The first-order valence-corrected chi connectivity index (χ1v) is 6.70. The maximum Gasteiger partial charge on any atom is 0.416 e. The van der Waals surface area contributed by atoms with Crippen LogP contribution in [0.25, 0.3) is 0 Å². The molecule has 6 heteroatoms. The fourth-order valence-electron chi connectivity index (χ4n) is 1.68. The number of carbonyl (C=O) groups is 1. The molecule has 0 atom stereocenters. The van der Waals surface area contributed by atoms with Crippen molar-refractivity contribution in [1.29, 1.82) is 0 Å². The number of hydrogen-bond donors (Lipinski definition) is 0. The highest BCUT2D eigenvalue weighted by molar-refractivity contribution is 5.85. The summed E-state index contributed by atoms with van der Waals surface area (Å²) in [6.07, 6.45) is 1.76. The number of methoxy groups -OCH3 is 1. The van der Waals surface area contributed by atoms with Gasteiger partial charge in [-0.05, 0) is 33.6 Å². The average molecular weight is 279 g/mol. The van der Waals surface area contributed by atoms with Crippen LogP contribution in [-0.2, 0) is 4.74 Å². The van der Waals surface area contributed by atoms with E-state index in [1.807, 2.05) is 26.8 Å². The number of ether oxygens (including phenoxy) is 2. The molecule has 110 valence electrons. The normalized spacial score (nSPS) is 14.8. The third-order valence-corrected chi connectivity index (χ3v) is 2.88. The fraction of sp³-hybridized carbons (Fsp3) is 0.643. The zero-order valence-corrected chi connectivity index (χ0v) is 12.6. The van der Waals surface area contributed by atoms with Crippen molar-refractivity contribution in [2.45, 2.75) is 45.1 Å². The lowest BCUT2D eigenvalue weighted by Gasteiger charge is -2.23. The van der Waals surface area contributed by atoms with Crippen molar-refractivity contribution < 1.29 is 14.3 Å². The van der Waals surface area contributed by atoms with E-state index in [-0.39, 0.29) is 0 Å². The molecule has 1 heterocycles. The lowest BCUT2D eigenvalue weighted by Crippen LogP contribution is -2.35. The molecule has 1 fully saturated rings. The van der Waals surface area contributed by atoms with Gasteiger partial charge in [-0.3, -0.25) is 0 Å². The number of anilines is 1. The topological polar surface area (TPSA) is 64.5 Å². The summed E-state index contributed by atoms with van der Waals surface area (Å²) in [4.78, 5) is 22.0. The number of rotatable bonds is 3. The lowest BCUT2D eigenvalue weighted by atomic mass is 10.2. The lowest BCUT2D eigenvalue weighted by molar-refractivity contribution is 0.0587. The van der Waals surface area contributed by atoms with E-state index in [4.69, 9.17) is 9.47 Å². The summed E-state index contributed by atoms with van der Waals surface area (Å²) in [6, 6.07) is 1.82. The minimum absolute atomic E-state index is 0.306. The monoisotopic (exact) mass is 279 g/mol. The first-order valence-electron chi connectivity index (χ1n) is 6.70. The number of carbonyl (C=O) groups excluding carboxylic acids is 1. The predicted molar refractivity (Wildman–Crippen MR) is 75.2 cm³/mol. The quantitative estimate of drug-likeness (QED) is 0.851. The fourth-order valence-corrected chi connectivity index (χ4v) is 1.68. The highest BCUT2D eigenvalue weighted by Gasteiger charge is 2.28. The summed E-state index contributed by atoms with van der Waals surface area (Å²) < 4.78 is 10.5. The van der Waals surface area contributed by atoms with Gasteiger partial charge in [-0.25, -0.2) is 14.7 Å². The molecule has 1 aromatic rings. The Hall–Kier alpha value is -1.85. The Bertz CT molecular complexity index is 507. The van der Waals surface area contributed by atoms with Crippen molar-refractivity contribution in [3.8, 4) is 5.88 Å². The number of nitrogens with zero attached hydrogens (tertiary/aromatic N) is 3. The van der Waals surface area contributed by atoms with Gasteiger partial charge in [0.05, 0.1) is 12.8 Å². The average Bonchev–Trinajstić information content (AvgIpc) is 3.19. The Morgan fingerprint density at radius 2 is 2.00 bits per heavy atom. The van der Waals surface area contributed by atoms with Crippen molar-refractivity contribution in [2.24, 2.45) is 0 Å². The van der Waals surface area contributed by atoms with E-state index in [0.29, 0.717) is 17.7 Å². The van der Waals surface area contributed by atoms with Gasteiger partial charge in [-0.15, -0.1) is 0 Å². The van der Waals surface area contributed by atoms with E-state index in [1.165, 1.54) is 4.90 Å². The molecule has 0 bridgehead atoms. The molecule has 1 aliphatic rings. The zero-order valence-electron chi connectivity index (χ0n) is 12.6. The van der Waals surface area contributed by atoms with Crippen molar-refractivity contribution in [3.05, 3.63) is 11.8 Å². The Morgan fingerprint density at radius 1 is 1.35 bits per heavy atom. The molecule has 6 nitrogen and oxygen atoms in total. The van der Waals surface area contributed by atoms with E-state index in [2.05, 4.69) is 9.97 Å². The molecular weight excluding hydrogens is 258 g/mol. The van der Waals surface area contributed by atoms with Crippen LogP contribution in [0.15, 0.2) is 6.07 Å². The SMILES string of the molecule is COc1cc(C2CC2)nc(N(C)C(=O)OC(C)(C)C)n1. The Labute approximate surface area is 119 Å². The van der Waals surface area contributed by atoms with Gasteiger partial charge in [0.2, 0.25) is 11.8 Å². The van der Waals surface area contributed by atoms with Crippen LogP contribution in [0.5, 0.6) is 5.88 Å². The van der Waals surface area contributed by atoms with E-state index in [0.717, 1.165) is 18.5 Å².